The molecule has 0 atom stereocenters. The van der Waals surface area contributed by atoms with Crippen molar-refractivity contribution in [2.75, 3.05) is 19.6 Å². The summed E-state index contributed by atoms with van der Waals surface area (Å²) in [6.45, 7) is 6.75. The Morgan fingerprint density at radius 3 is 2.33 bits per heavy atom. The number of piperazine rings is 1. The topological polar surface area (TPSA) is 75.9 Å². The summed E-state index contributed by atoms with van der Waals surface area (Å²) in [6, 6.07) is 0.567. The zero-order valence-corrected chi connectivity index (χ0v) is 13.3. The van der Waals surface area contributed by atoms with E-state index in [9.17, 15) is 9.59 Å². The molecule has 2 fully saturated rings. The van der Waals surface area contributed by atoms with Crippen molar-refractivity contribution in [3.05, 3.63) is 0 Å². The van der Waals surface area contributed by atoms with Crippen molar-refractivity contribution in [2.24, 2.45) is 5.73 Å². The quantitative estimate of drug-likeness (QED) is 0.792. The van der Waals surface area contributed by atoms with Crippen LogP contribution in [0.25, 0.3) is 0 Å². The molecule has 2 rings (SSSR count). The number of carbonyl (C=O) groups excluding carboxylic acids is 2. The van der Waals surface area contributed by atoms with Crippen molar-refractivity contribution in [3.8, 4) is 0 Å². The van der Waals surface area contributed by atoms with Crippen LogP contribution < -0.4 is 5.73 Å². The SMILES string of the molecule is CC(C)(C)OC(=O)N1CCN(C2CCC(N)CC2)C(=O)C1. The molecule has 2 amide bonds. The summed E-state index contributed by atoms with van der Waals surface area (Å²) in [4.78, 5) is 27.7. The lowest BCUT2D eigenvalue weighted by Gasteiger charge is -2.41. The van der Waals surface area contributed by atoms with Crippen molar-refractivity contribution in [1.82, 2.24) is 9.80 Å². The first kappa shape index (κ1) is 16.1. The fourth-order valence-electron chi connectivity index (χ4n) is 2.97. The first-order valence-electron chi connectivity index (χ1n) is 7.79. The van der Waals surface area contributed by atoms with Gasteiger partial charge in [0.2, 0.25) is 5.91 Å². The van der Waals surface area contributed by atoms with E-state index >= 15 is 0 Å². The van der Waals surface area contributed by atoms with Crippen LogP contribution in [0.5, 0.6) is 0 Å². The Morgan fingerprint density at radius 1 is 1.19 bits per heavy atom. The van der Waals surface area contributed by atoms with Crippen molar-refractivity contribution in [1.29, 1.82) is 0 Å². The molecule has 1 aliphatic heterocycles. The number of ether oxygens (including phenoxy) is 1. The van der Waals surface area contributed by atoms with Gasteiger partial charge in [-0.25, -0.2) is 4.79 Å². The number of hydrogen-bond acceptors (Lipinski definition) is 4. The third-order valence-corrected chi connectivity index (χ3v) is 4.09. The highest BCUT2D eigenvalue weighted by Gasteiger charge is 2.34. The van der Waals surface area contributed by atoms with E-state index in [1.807, 2.05) is 25.7 Å². The van der Waals surface area contributed by atoms with Crippen LogP contribution in [0.2, 0.25) is 0 Å². The first-order chi connectivity index (χ1) is 9.76. The van der Waals surface area contributed by atoms with Crippen molar-refractivity contribution < 1.29 is 14.3 Å². The van der Waals surface area contributed by atoms with E-state index in [0.29, 0.717) is 13.1 Å². The van der Waals surface area contributed by atoms with Gasteiger partial charge >= 0.3 is 6.09 Å². The Morgan fingerprint density at radius 2 is 1.81 bits per heavy atom. The minimum absolute atomic E-state index is 0.0209. The van der Waals surface area contributed by atoms with Crippen LogP contribution in [0.1, 0.15) is 46.5 Å². The van der Waals surface area contributed by atoms with Gasteiger partial charge in [-0.05, 0) is 46.5 Å². The maximum atomic E-state index is 12.3. The standard InChI is InChI=1S/C15H27N3O3/c1-15(2,3)21-14(20)17-8-9-18(13(19)10-17)12-6-4-11(16)5-7-12/h11-12H,4-10,16H2,1-3H3. The second-order valence-corrected chi connectivity index (χ2v) is 7.06. The average molecular weight is 297 g/mol. The Hall–Kier alpha value is -1.30. The highest BCUT2D eigenvalue weighted by Crippen LogP contribution is 2.24. The van der Waals surface area contributed by atoms with Crippen LogP contribution in [0.15, 0.2) is 0 Å². The van der Waals surface area contributed by atoms with Crippen LogP contribution in [-0.2, 0) is 9.53 Å². The van der Waals surface area contributed by atoms with Crippen LogP contribution in [0.4, 0.5) is 4.79 Å². The first-order valence-corrected chi connectivity index (χ1v) is 7.79. The molecular weight excluding hydrogens is 270 g/mol. The molecule has 6 heteroatoms. The van der Waals surface area contributed by atoms with Gasteiger partial charge in [0.25, 0.3) is 0 Å². The summed E-state index contributed by atoms with van der Waals surface area (Å²) in [5, 5.41) is 0. The molecule has 1 aliphatic carbocycles. The van der Waals surface area contributed by atoms with Gasteiger partial charge in [-0.3, -0.25) is 9.69 Å². The molecule has 0 aromatic rings. The van der Waals surface area contributed by atoms with Gasteiger partial charge in [-0.15, -0.1) is 0 Å². The molecule has 1 saturated heterocycles. The zero-order valence-electron chi connectivity index (χ0n) is 13.3. The molecule has 0 unspecified atom stereocenters. The summed E-state index contributed by atoms with van der Waals surface area (Å²) < 4.78 is 5.32. The number of nitrogens with zero attached hydrogens (tertiary/aromatic N) is 2. The predicted octanol–water partition coefficient (Wildman–Crippen LogP) is 1.34. The second-order valence-electron chi connectivity index (χ2n) is 7.06. The Kier molecular flexibility index (Phi) is 4.76. The third kappa shape index (κ3) is 4.33. The number of rotatable bonds is 1. The molecule has 0 radical (unpaired) electrons. The highest BCUT2D eigenvalue weighted by atomic mass is 16.6. The van der Waals surface area contributed by atoms with Gasteiger partial charge in [0, 0.05) is 25.2 Å². The van der Waals surface area contributed by atoms with Crippen LogP contribution in [0.3, 0.4) is 0 Å². The van der Waals surface area contributed by atoms with E-state index in [0.717, 1.165) is 25.7 Å². The molecule has 2 aliphatic rings. The largest absolute Gasteiger partial charge is 0.444 e. The van der Waals surface area contributed by atoms with E-state index in [1.165, 1.54) is 4.90 Å². The van der Waals surface area contributed by atoms with Crippen LogP contribution in [-0.4, -0.2) is 59.1 Å². The Labute approximate surface area is 126 Å². The molecular formula is C15H27N3O3. The fraction of sp³-hybridized carbons (Fsp3) is 0.867. The molecule has 21 heavy (non-hydrogen) atoms. The third-order valence-electron chi connectivity index (χ3n) is 4.09. The monoisotopic (exact) mass is 297 g/mol. The molecule has 120 valence electrons. The fourth-order valence-corrected chi connectivity index (χ4v) is 2.97. The molecule has 0 spiro atoms. The Balaban J connectivity index is 1.87. The molecule has 0 aromatic carbocycles. The number of nitrogens with two attached hydrogens (primary N) is 1. The van der Waals surface area contributed by atoms with Gasteiger partial charge in [-0.2, -0.15) is 0 Å². The molecule has 6 nitrogen and oxygen atoms in total. The van der Waals surface area contributed by atoms with Gasteiger partial charge in [0.15, 0.2) is 0 Å². The van der Waals surface area contributed by atoms with Crippen molar-refractivity contribution in [3.63, 3.8) is 0 Å². The average Bonchev–Trinajstić information content (AvgIpc) is 2.38. The van der Waals surface area contributed by atoms with Crippen LogP contribution >= 0.6 is 0 Å². The lowest BCUT2D eigenvalue weighted by Crippen LogP contribution is -2.56. The molecule has 2 N–H and O–H groups in total. The maximum Gasteiger partial charge on any atom is 0.410 e. The molecule has 0 aromatic heterocycles. The lowest BCUT2D eigenvalue weighted by atomic mass is 9.90. The van der Waals surface area contributed by atoms with Gasteiger partial charge in [0.05, 0.1) is 0 Å². The number of carbonyl (C=O) groups is 2. The summed E-state index contributed by atoms with van der Waals surface area (Å²) in [6.07, 6.45) is 3.49. The summed E-state index contributed by atoms with van der Waals surface area (Å²) in [5.41, 5.74) is 5.38. The molecule has 0 bridgehead atoms. The van der Waals surface area contributed by atoms with Gasteiger partial charge < -0.3 is 15.4 Å². The van der Waals surface area contributed by atoms with E-state index in [4.69, 9.17) is 10.5 Å². The zero-order chi connectivity index (χ0) is 15.6. The molecule has 1 saturated carbocycles. The van der Waals surface area contributed by atoms with Gasteiger partial charge in [0.1, 0.15) is 12.1 Å². The maximum absolute atomic E-state index is 12.3. The minimum atomic E-state index is -0.531. The molecule has 1 heterocycles. The summed E-state index contributed by atoms with van der Waals surface area (Å²) in [7, 11) is 0. The van der Waals surface area contributed by atoms with E-state index in [-0.39, 0.29) is 24.5 Å². The van der Waals surface area contributed by atoms with Gasteiger partial charge in [-0.1, -0.05) is 0 Å². The smallest absolute Gasteiger partial charge is 0.410 e. The van der Waals surface area contributed by atoms with Crippen molar-refractivity contribution in [2.45, 2.75) is 64.1 Å². The van der Waals surface area contributed by atoms with Crippen molar-refractivity contribution >= 4 is 12.0 Å². The summed E-state index contributed by atoms with van der Waals surface area (Å²) >= 11 is 0. The number of hydrogen-bond donors (Lipinski definition) is 1. The van der Waals surface area contributed by atoms with Crippen LogP contribution in [0, 0.1) is 0 Å². The van der Waals surface area contributed by atoms with E-state index in [1.54, 1.807) is 0 Å². The minimum Gasteiger partial charge on any atom is -0.444 e. The highest BCUT2D eigenvalue weighted by molar-refractivity contribution is 5.83. The normalized spacial score (nSPS) is 27.7. The van der Waals surface area contributed by atoms with E-state index < -0.39 is 11.7 Å². The second kappa shape index (κ2) is 6.22. The Bertz CT molecular complexity index is 397. The lowest BCUT2D eigenvalue weighted by molar-refractivity contribution is -0.139. The predicted molar refractivity (Wildman–Crippen MR) is 79.8 cm³/mol. The summed E-state index contributed by atoms with van der Waals surface area (Å²) in [5.74, 6) is 0.0209. The number of amides is 2. The van der Waals surface area contributed by atoms with E-state index in [2.05, 4.69) is 0 Å².